The van der Waals surface area contributed by atoms with E-state index in [1.165, 1.54) is 11.1 Å². The summed E-state index contributed by atoms with van der Waals surface area (Å²) in [6, 6.07) is 14.4. The number of halogens is 1. The molecule has 0 radical (unpaired) electrons. The maximum absolute atomic E-state index is 5.95. The number of guanidine groups is 1. The summed E-state index contributed by atoms with van der Waals surface area (Å²) in [5.41, 5.74) is 3.50. The van der Waals surface area contributed by atoms with Gasteiger partial charge in [0, 0.05) is 45.8 Å². The second-order valence-electron chi connectivity index (χ2n) is 6.76. The number of hydrogen-bond donors (Lipinski definition) is 2. The molecule has 2 rings (SSSR count). The van der Waals surface area contributed by atoms with Gasteiger partial charge in [-0.05, 0) is 42.7 Å². The lowest BCUT2D eigenvalue weighted by Crippen LogP contribution is -2.37. The van der Waals surface area contributed by atoms with E-state index in [1.54, 1.807) is 21.3 Å². The monoisotopic (exact) mass is 527 g/mol. The molecule has 2 N–H and O–H groups in total. The minimum Gasteiger partial charge on any atom is -0.497 e. The Balaban J connectivity index is 0.00000450. The molecule has 6 nitrogen and oxygen atoms in total. The Kier molecular flexibility index (Phi) is 12.9. The van der Waals surface area contributed by atoms with Crippen molar-refractivity contribution in [1.29, 1.82) is 0 Å². The molecule has 0 heterocycles. The Morgan fingerprint density at radius 2 is 1.87 bits per heavy atom. The summed E-state index contributed by atoms with van der Waals surface area (Å²) in [6.45, 7) is 4.82. The standard InChI is InChI=1S/C23H33N3O3.HI/c1-18-9-10-20(22(15-18)29-14-6-13-27-3)17-26-23(24-2)25-12-11-19-7-5-8-21(16-19)28-4;/h5,7-10,15-16H,6,11-14,17H2,1-4H3,(H2,24,25,26);1H. The van der Waals surface area contributed by atoms with Gasteiger partial charge >= 0.3 is 0 Å². The van der Waals surface area contributed by atoms with E-state index in [0.29, 0.717) is 19.8 Å². The fraction of sp³-hybridized carbons (Fsp3) is 0.435. The van der Waals surface area contributed by atoms with Crippen molar-refractivity contribution in [2.45, 2.75) is 26.3 Å². The van der Waals surface area contributed by atoms with Gasteiger partial charge in [0.1, 0.15) is 11.5 Å². The normalized spacial score (nSPS) is 10.9. The number of aryl methyl sites for hydroxylation is 1. The van der Waals surface area contributed by atoms with Gasteiger partial charge in [-0.2, -0.15) is 0 Å². The number of methoxy groups -OCH3 is 2. The largest absolute Gasteiger partial charge is 0.497 e. The molecule has 0 aromatic heterocycles. The van der Waals surface area contributed by atoms with Crippen molar-refractivity contribution in [3.63, 3.8) is 0 Å². The van der Waals surface area contributed by atoms with E-state index >= 15 is 0 Å². The highest BCUT2D eigenvalue weighted by Crippen LogP contribution is 2.20. The van der Waals surface area contributed by atoms with Gasteiger partial charge in [-0.25, -0.2) is 0 Å². The second-order valence-corrected chi connectivity index (χ2v) is 6.76. The first kappa shape index (κ1) is 26.0. The van der Waals surface area contributed by atoms with Crippen LogP contribution in [-0.4, -0.2) is 47.0 Å². The molecule has 7 heteroatoms. The highest BCUT2D eigenvalue weighted by Gasteiger charge is 2.06. The minimum atomic E-state index is 0. The molecule has 0 amide bonds. The molecular formula is C23H34IN3O3. The smallest absolute Gasteiger partial charge is 0.191 e. The molecule has 0 saturated heterocycles. The van der Waals surface area contributed by atoms with Crippen LogP contribution in [0.4, 0.5) is 0 Å². The topological polar surface area (TPSA) is 64.1 Å². The molecule has 30 heavy (non-hydrogen) atoms. The Morgan fingerprint density at radius 1 is 1.03 bits per heavy atom. The maximum atomic E-state index is 5.95. The second kappa shape index (κ2) is 14.9. The fourth-order valence-electron chi connectivity index (χ4n) is 2.88. The van der Waals surface area contributed by atoms with Crippen LogP contribution in [0.1, 0.15) is 23.1 Å². The third kappa shape index (κ3) is 9.21. The van der Waals surface area contributed by atoms with E-state index in [9.17, 15) is 0 Å². The average molecular weight is 527 g/mol. The van der Waals surface area contributed by atoms with E-state index < -0.39 is 0 Å². The average Bonchev–Trinajstić information content (AvgIpc) is 2.74. The first-order valence-electron chi connectivity index (χ1n) is 9.95. The lowest BCUT2D eigenvalue weighted by molar-refractivity contribution is 0.172. The van der Waals surface area contributed by atoms with E-state index in [0.717, 1.165) is 42.4 Å². The summed E-state index contributed by atoms with van der Waals surface area (Å²) < 4.78 is 16.3. The Bertz CT molecular complexity index is 784. The molecule has 0 aliphatic rings. The van der Waals surface area contributed by atoms with E-state index in [1.807, 2.05) is 12.1 Å². The van der Waals surface area contributed by atoms with Gasteiger partial charge in [0.15, 0.2) is 5.96 Å². The predicted octanol–water partition coefficient (Wildman–Crippen LogP) is 3.94. The summed E-state index contributed by atoms with van der Waals surface area (Å²) >= 11 is 0. The molecule has 0 fully saturated rings. The van der Waals surface area contributed by atoms with Crippen LogP contribution < -0.4 is 20.1 Å². The molecule has 0 bridgehead atoms. The number of rotatable bonds is 11. The van der Waals surface area contributed by atoms with Gasteiger partial charge in [0.05, 0.1) is 13.7 Å². The molecule has 0 atom stereocenters. The molecule has 0 saturated carbocycles. The summed E-state index contributed by atoms with van der Waals surface area (Å²) in [4.78, 5) is 4.31. The van der Waals surface area contributed by atoms with Crippen LogP contribution in [0.15, 0.2) is 47.5 Å². The molecule has 0 aliphatic carbocycles. The maximum Gasteiger partial charge on any atom is 0.191 e. The highest BCUT2D eigenvalue weighted by atomic mass is 127. The van der Waals surface area contributed by atoms with Crippen LogP contribution in [0.25, 0.3) is 0 Å². The minimum absolute atomic E-state index is 0. The van der Waals surface area contributed by atoms with E-state index in [-0.39, 0.29) is 24.0 Å². The Hall–Kier alpha value is -2.00. The highest BCUT2D eigenvalue weighted by molar-refractivity contribution is 14.0. The van der Waals surface area contributed by atoms with Crippen LogP contribution in [0.5, 0.6) is 11.5 Å². The van der Waals surface area contributed by atoms with Crippen LogP contribution in [0.2, 0.25) is 0 Å². The number of nitrogens with one attached hydrogen (secondary N) is 2. The fourth-order valence-corrected chi connectivity index (χ4v) is 2.88. The molecule has 0 unspecified atom stereocenters. The number of aliphatic imine (C=N–C) groups is 1. The van der Waals surface area contributed by atoms with Crippen molar-refractivity contribution in [3.8, 4) is 11.5 Å². The van der Waals surface area contributed by atoms with Crippen molar-refractivity contribution in [2.75, 3.05) is 41.0 Å². The first-order chi connectivity index (χ1) is 14.2. The van der Waals surface area contributed by atoms with Crippen molar-refractivity contribution < 1.29 is 14.2 Å². The van der Waals surface area contributed by atoms with Crippen molar-refractivity contribution >= 4 is 29.9 Å². The lowest BCUT2D eigenvalue weighted by Gasteiger charge is -2.15. The summed E-state index contributed by atoms with van der Waals surface area (Å²) in [5, 5.41) is 6.72. The third-order valence-corrected chi connectivity index (χ3v) is 4.48. The summed E-state index contributed by atoms with van der Waals surface area (Å²) in [5.74, 6) is 2.54. The zero-order valence-corrected chi connectivity index (χ0v) is 20.7. The van der Waals surface area contributed by atoms with Crippen LogP contribution >= 0.6 is 24.0 Å². The first-order valence-corrected chi connectivity index (χ1v) is 9.95. The summed E-state index contributed by atoms with van der Waals surface area (Å²) in [6.07, 6.45) is 1.75. The zero-order chi connectivity index (χ0) is 20.9. The number of nitrogens with zero attached hydrogens (tertiary/aromatic N) is 1. The number of ether oxygens (including phenoxy) is 3. The van der Waals surface area contributed by atoms with Gasteiger partial charge in [-0.15, -0.1) is 24.0 Å². The van der Waals surface area contributed by atoms with Crippen molar-refractivity contribution in [3.05, 3.63) is 59.2 Å². The molecule has 2 aromatic rings. The van der Waals surface area contributed by atoms with Crippen LogP contribution in [0, 0.1) is 6.92 Å². The van der Waals surface area contributed by atoms with E-state index in [4.69, 9.17) is 14.2 Å². The van der Waals surface area contributed by atoms with Gasteiger partial charge in [-0.1, -0.05) is 24.3 Å². The van der Waals surface area contributed by atoms with Crippen molar-refractivity contribution in [2.24, 2.45) is 4.99 Å². The number of hydrogen-bond acceptors (Lipinski definition) is 4. The van der Waals surface area contributed by atoms with Crippen LogP contribution in [-0.2, 0) is 17.7 Å². The van der Waals surface area contributed by atoms with Crippen LogP contribution in [0.3, 0.4) is 0 Å². The molecular weight excluding hydrogens is 493 g/mol. The number of benzene rings is 2. The van der Waals surface area contributed by atoms with E-state index in [2.05, 4.69) is 52.9 Å². The Labute approximate surface area is 197 Å². The van der Waals surface area contributed by atoms with Gasteiger partial charge in [0.2, 0.25) is 0 Å². The third-order valence-electron chi connectivity index (χ3n) is 4.48. The molecule has 166 valence electrons. The SMILES string of the molecule is CN=C(NCCc1cccc(OC)c1)NCc1ccc(C)cc1OCCCOC.I. The quantitative estimate of drug-likeness (QED) is 0.201. The summed E-state index contributed by atoms with van der Waals surface area (Å²) in [7, 11) is 5.16. The van der Waals surface area contributed by atoms with Gasteiger partial charge < -0.3 is 24.8 Å². The molecule has 0 spiro atoms. The molecule has 0 aliphatic heterocycles. The zero-order valence-electron chi connectivity index (χ0n) is 18.4. The van der Waals surface area contributed by atoms with Gasteiger partial charge in [-0.3, -0.25) is 4.99 Å². The Morgan fingerprint density at radius 3 is 2.60 bits per heavy atom. The lowest BCUT2D eigenvalue weighted by atomic mass is 10.1. The van der Waals surface area contributed by atoms with Crippen molar-refractivity contribution in [1.82, 2.24) is 10.6 Å². The predicted molar refractivity (Wildman–Crippen MR) is 133 cm³/mol. The molecule has 2 aromatic carbocycles. The van der Waals surface area contributed by atoms with Gasteiger partial charge in [0.25, 0.3) is 0 Å².